The van der Waals surface area contributed by atoms with E-state index < -0.39 is 5.97 Å². The molecule has 0 bridgehead atoms. The van der Waals surface area contributed by atoms with Crippen LogP contribution in [0.15, 0.2) is 12.1 Å². The van der Waals surface area contributed by atoms with Gasteiger partial charge in [0.25, 0.3) is 0 Å². The van der Waals surface area contributed by atoms with Crippen molar-refractivity contribution in [3.05, 3.63) is 28.3 Å². The van der Waals surface area contributed by atoms with Crippen LogP contribution >= 0.6 is 11.6 Å². The molecular formula is C11H11ClN2O2. The van der Waals surface area contributed by atoms with Crippen LogP contribution in [0.2, 0.25) is 5.02 Å². The number of ether oxygens (including phenoxy) is 1. The molecule has 1 aromatic heterocycles. The lowest BCUT2D eigenvalue weighted by Crippen LogP contribution is -2.03. The Labute approximate surface area is 97.3 Å². The van der Waals surface area contributed by atoms with Gasteiger partial charge in [0.1, 0.15) is 11.4 Å². The first-order valence-electron chi connectivity index (χ1n) is 4.70. The van der Waals surface area contributed by atoms with Crippen LogP contribution in [0.3, 0.4) is 0 Å². The molecule has 16 heavy (non-hydrogen) atoms. The number of carbonyl (C=O) groups excluding carboxylic acids is 1. The smallest absolute Gasteiger partial charge is 0.342 e. The van der Waals surface area contributed by atoms with Crippen molar-refractivity contribution in [3.63, 3.8) is 0 Å². The predicted molar refractivity (Wildman–Crippen MR) is 63.8 cm³/mol. The number of rotatable bonds is 1. The first-order chi connectivity index (χ1) is 7.54. The maximum absolute atomic E-state index is 11.5. The van der Waals surface area contributed by atoms with Crippen molar-refractivity contribution in [1.82, 2.24) is 4.98 Å². The Balaban J connectivity index is 2.79. The topological polar surface area (TPSA) is 68.1 Å². The van der Waals surface area contributed by atoms with Gasteiger partial charge in [-0.3, -0.25) is 0 Å². The average molecular weight is 239 g/mol. The van der Waals surface area contributed by atoms with Crippen molar-refractivity contribution in [1.29, 1.82) is 0 Å². The molecule has 0 spiro atoms. The van der Waals surface area contributed by atoms with E-state index in [1.165, 1.54) is 7.11 Å². The molecule has 0 unspecified atom stereocenters. The SMILES string of the molecule is COC(=O)c1c(N)[nH]c2cc(C)c(Cl)cc12. The standard InChI is InChI=1S/C11H11ClN2O2/c1-5-3-8-6(4-7(5)12)9(10(13)14-8)11(15)16-2/h3-4,14H,13H2,1-2H3. The lowest BCUT2D eigenvalue weighted by Gasteiger charge is -2.00. The van der Waals surface area contributed by atoms with E-state index in [0.717, 1.165) is 11.1 Å². The molecule has 0 aliphatic carbocycles. The molecule has 0 fully saturated rings. The third-order valence-electron chi connectivity index (χ3n) is 2.50. The van der Waals surface area contributed by atoms with Crippen LogP contribution < -0.4 is 5.73 Å². The number of hydrogen-bond acceptors (Lipinski definition) is 3. The number of halogens is 1. The number of aryl methyl sites for hydroxylation is 1. The molecular weight excluding hydrogens is 228 g/mol. The highest BCUT2D eigenvalue weighted by Gasteiger charge is 2.18. The number of methoxy groups -OCH3 is 1. The Morgan fingerprint density at radius 1 is 1.50 bits per heavy atom. The molecule has 0 saturated heterocycles. The van der Waals surface area contributed by atoms with Gasteiger partial charge in [0.2, 0.25) is 0 Å². The first kappa shape index (κ1) is 10.8. The van der Waals surface area contributed by atoms with Gasteiger partial charge in [-0.1, -0.05) is 11.6 Å². The molecule has 1 heterocycles. The van der Waals surface area contributed by atoms with E-state index in [1.54, 1.807) is 6.07 Å². The fourth-order valence-electron chi connectivity index (χ4n) is 1.67. The van der Waals surface area contributed by atoms with Gasteiger partial charge in [-0.05, 0) is 24.6 Å². The highest BCUT2D eigenvalue weighted by Crippen LogP contribution is 2.29. The minimum absolute atomic E-state index is 0.295. The van der Waals surface area contributed by atoms with Gasteiger partial charge >= 0.3 is 5.97 Å². The summed E-state index contributed by atoms with van der Waals surface area (Å²) in [4.78, 5) is 14.5. The summed E-state index contributed by atoms with van der Waals surface area (Å²) in [5, 5.41) is 1.27. The minimum Gasteiger partial charge on any atom is -0.465 e. The average Bonchev–Trinajstić information content (AvgIpc) is 2.54. The van der Waals surface area contributed by atoms with E-state index in [0.29, 0.717) is 21.8 Å². The van der Waals surface area contributed by atoms with Crippen LogP contribution in [0, 0.1) is 6.92 Å². The maximum Gasteiger partial charge on any atom is 0.342 e. The van der Waals surface area contributed by atoms with Gasteiger partial charge in [-0.2, -0.15) is 0 Å². The number of nitrogen functional groups attached to an aromatic ring is 1. The number of aromatic amines is 1. The number of aromatic nitrogens is 1. The van der Waals surface area contributed by atoms with E-state index in [4.69, 9.17) is 17.3 Å². The molecule has 2 aromatic rings. The normalized spacial score (nSPS) is 10.7. The number of anilines is 1. The third kappa shape index (κ3) is 1.51. The monoisotopic (exact) mass is 238 g/mol. The van der Waals surface area contributed by atoms with E-state index in [9.17, 15) is 4.79 Å². The first-order valence-corrected chi connectivity index (χ1v) is 5.08. The molecule has 2 rings (SSSR count). The maximum atomic E-state index is 11.5. The van der Waals surface area contributed by atoms with E-state index >= 15 is 0 Å². The summed E-state index contributed by atoms with van der Waals surface area (Å²) >= 11 is 6.01. The summed E-state index contributed by atoms with van der Waals surface area (Å²) < 4.78 is 4.67. The van der Waals surface area contributed by atoms with Gasteiger partial charge in [-0.25, -0.2) is 4.79 Å². The number of H-pyrrole nitrogens is 1. The zero-order valence-electron chi connectivity index (χ0n) is 8.93. The van der Waals surface area contributed by atoms with Crippen LogP contribution in [-0.2, 0) is 4.74 Å². The van der Waals surface area contributed by atoms with Crippen molar-refractivity contribution >= 4 is 34.3 Å². The number of nitrogens with one attached hydrogen (secondary N) is 1. The quantitative estimate of drug-likeness (QED) is 0.750. The van der Waals surface area contributed by atoms with Crippen molar-refractivity contribution in [2.45, 2.75) is 6.92 Å². The van der Waals surface area contributed by atoms with Gasteiger partial charge in [0, 0.05) is 15.9 Å². The third-order valence-corrected chi connectivity index (χ3v) is 2.90. The molecule has 0 aliphatic rings. The second-order valence-electron chi connectivity index (χ2n) is 3.55. The second-order valence-corrected chi connectivity index (χ2v) is 3.96. The van der Waals surface area contributed by atoms with Gasteiger partial charge in [0.05, 0.1) is 7.11 Å². The number of hydrogen-bond donors (Lipinski definition) is 2. The van der Waals surface area contributed by atoms with Gasteiger partial charge < -0.3 is 15.5 Å². The number of esters is 1. The van der Waals surface area contributed by atoms with E-state index in [2.05, 4.69) is 9.72 Å². The Bertz CT molecular complexity index is 575. The van der Waals surface area contributed by atoms with Crippen LogP contribution in [0.4, 0.5) is 5.82 Å². The molecule has 3 N–H and O–H groups in total. The summed E-state index contributed by atoms with van der Waals surface area (Å²) in [5.41, 5.74) is 7.76. The summed E-state index contributed by atoms with van der Waals surface area (Å²) in [6.45, 7) is 1.89. The highest BCUT2D eigenvalue weighted by atomic mass is 35.5. The predicted octanol–water partition coefficient (Wildman–Crippen LogP) is 2.50. The number of fused-ring (bicyclic) bond motifs is 1. The number of benzene rings is 1. The largest absolute Gasteiger partial charge is 0.465 e. The van der Waals surface area contributed by atoms with Crippen molar-refractivity contribution in [2.75, 3.05) is 12.8 Å². The van der Waals surface area contributed by atoms with Crippen molar-refractivity contribution < 1.29 is 9.53 Å². The van der Waals surface area contributed by atoms with Crippen LogP contribution in [0.25, 0.3) is 10.9 Å². The minimum atomic E-state index is -0.469. The lowest BCUT2D eigenvalue weighted by molar-refractivity contribution is 0.0604. The fourth-order valence-corrected chi connectivity index (χ4v) is 1.83. The summed E-state index contributed by atoms with van der Waals surface area (Å²) in [6, 6.07) is 3.56. The molecule has 0 aliphatic heterocycles. The molecule has 5 heteroatoms. The Morgan fingerprint density at radius 2 is 2.19 bits per heavy atom. The highest BCUT2D eigenvalue weighted by molar-refractivity contribution is 6.32. The van der Waals surface area contributed by atoms with Crippen molar-refractivity contribution in [3.8, 4) is 0 Å². The van der Waals surface area contributed by atoms with Gasteiger partial charge in [0.15, 0.2) is 0 Å². The Morgan fingerprint density at radius 3 is 2.81 bits per heavy atom. The molecule has 0 saturated carbocycles. The molecule has 0 amide bonds. The van der Waals surface area contributed by atoms with Crippen LogP contribution in [0.5, 0.6) is 0 Å². The van der Waals surface area contributed by atoms with Crippen LogP contribution in [-0.4, -0.2) is 18.1 Å². The number of carbonyl (C=O) groups is 1. The molecule has 84 valence electrons. The van der Waals surface area contributed by atoms with Crippen LogP contribution in [0.1, 0.15) is 15.9 Å². The number of nitrogens with two attached hydrogens (primary N) is 1. The molecule has 1 aromatic carbocycles. The molecule has 0 atom stereocenters. The fraction of sp³-hybridized carbons (Fsp3) is 0.182. The lowest BCUT2D eigenvalue weighted by atomic mass is 10.1. The Hall–Kier alpha value is -1.68. The second kappa shape index (κ2) is 3.72. The zero-order chi connectivity index (χ0) is 11.9. The van der Waals surface area contributed by atoms with Gasteiger partial charge in [-0.15, -0.1) is 0 Å². The van der Waals surface area contributed by atoms with Crippen molar-refractivity contribution in [2.24, 2.45) is 0 Å². The zero-order valence-corrected chi connectivity index (χ0v) is 9.68. The van der Waals surface area contributed by atoms with E-state index in [-0.39, 0.29) is 0 Å². The molecule has 0 radical (unpaired) electrons. The summed E-state index contributed by atoms with van der Waals surface area (Å²) in [7, 11) is 1.32. The Kier molecular flexibility index (Phi) is 2.52. The summed E-state index contributed by atoms with van der Waals surface area (Å²) in [6.07, 6.45) is 0. The van der Waals surface area contributed by atoms with E-state index in [1.807, 2.05) is 13.0 Å². The summed E-state index contributed by atoms with van der Waals surface area (Å²) in [5.74, 6) is -0.174. The molecule has 4 nitrogen and oxygen atoms in total.